The van der Waals surface area contributed by atoms with Gasteiger partial charge in [-0.1, -0.05) is 0 Å². The molecule has 2 aliphatic heterocycles. The highest BCUT2D eigenvalue weighted by atomic mass is 16.5. The van der Waals surface area contributed by atoms with E-state index in [2.05, 4.69) is 24.2 Å². The number of likely N-dealkylation sites (tertiary alicyclic amines) is 1. The minimum Gasteiger partial charge on any atom is -0.378 e. The van der Waals surface area contributed by atoms with Crippen LogP contribution in [0.2, 0.25) is 0 Å². The van der Waals surface area contributed by atoms with Gasteiger partial charge in [0.05, 0.1) is 6.10 Å². The molecule has 0 radical (unpaired) electrons. The molecule has 2 rings (SSSR count). The van der Waals surface area contributed by atoms with Crippen LogP contribution in [0.5, 0.6) is 0 Å². The van der Waals surface area contributed by atoms with E-state index in [-0.39, 0.29) is 0 Å². The van der Waals surface area contributed by atoms with Crippen molar-refractivity contribution in [2.24, 2.45) is 0 Å². The first-order valence-corrected chi connectivity index (χ1v) is 7.25. The van der Waals surface area contributed by atoms with E-state index in [4.69, 9.17) is 4.74 Å². The molecule has 1 atom stereocenters. The van der Waals surface area contributed by atoms with Crippen LogP contribution in [0.4, 0.5) is 0 Å². The van der Waals surface area contributed by atoms with Crippen LogP contribution >= 0.6 is 0 Å². The Morgan fingerprint density at radius 2 is 2.12 bits per heavy atom. The summed E-state index contributed by atoms with van der Waals surface area (Å²) in [4.78, 5) is 2.62. The van der Waals surface area contributed by atoms with E-state index >= 15 is 0 Å². The maximum Gasteiger partial charge on any atom is 0.0576 e. The van der Waals surface area contributed by atoms with Gasteiger partial charge < -0.3 is 15.0 Å². The van der Waals surface area contributed by atoms with Crippen molar-refractivity contribution < 1.29 is 4.74 Å². The fourth-order valence-corrected chi connectivity index (χ4v) is 2.93. The van der Waals surface area contributed by atoms with Gasteiger partial charge >= 0.3 is 0 Å². The Morgan fingerprint density at radius 1 is 1.35 bits per heavy atom. The van der Waals surface area contributed by atoms with Crippen LogP contribution in [-0.2, 0) is 4.74 Å². The van der Waals surface area contributed by atoms with Crippen molar-refractivity contribution in [3.05, 3.63) is 0 Å². The summed E-state index contributed by atoms with van der Waals surface area (Å²) in [5.41, 5.74) is 0.380. The SMILES string of the molecule is CNC1(C)CCN(CCCC2CCCO2)CC1. The summed E-state index contributed by atoms with van der Waals surface area (Å²) < 4.78 is 5.66. The van der Waals surface area contributed by atoms with Crippen LogP contribution in [0.25, 0.3) is 0 Å². The lowest BCUT2D eigenvalue weighted by atomic mass is 9.90. The third-order valence-corrected chi connectivity index (χ3v) is 4.59. The van der Waals surface area contributed by atoms with Gasteiger partial charge in [0.15, 0.2) is 0 Å². The predicted octanol–water partition coefficient (Wildman–Crippen LogP) is 2.02. The standard InChI is InChI=1S/C14H28N2O/c1-14(15-2)7-10-16(11-8-14)9-3-5-13-6-4-12-17-13/h13,15H,3-12H2,1-2H3. The Morgan fingerprint density at radius 3 is 2.71 bits per heavy atom. The van der Waals surface area contributed by atoms with Gasteiger partial charge in [0.25, 0.3) is 0 Å². The minimum absolute atomic E-state index is 0.380. The van der Waals surface area contributed by atoms with Crippen LogP contribution in [0.3, 0.4) is 0 Å². The molecule has 0 aliphatic carbocycles. The number of ether oxygens (including phenoxy) is 1. The topological polar surface area (TPSA) is 24.5 Å². The summed E-state index contributed by atoms with van der Waals surface area (Å²) in [7, 11) is 2.09. The number of nitrogens with one attached hydrogen (secondary N) is 1. The van der Waals surface area contributed by atoms with E-state index in [0.717, 1.165) is 6.61 Å². The third-order valence-electron chi connectivity index (χ3n) is 4.59. The quantitative estimate of drug-likeness (QED) is 0.795. The van der Waals surface area contributed by atoms with Crippen molar-refractivity contribution in [3.8, 4) is 0 Å². The second-order valence-electron chi connectivity index (χ2n) is 5.93. The van der Waals surface area contributed by atoms with Crippen molar-refractivity contribution in [1.82, 2.24) is 10.2 Å². The van der Waals surface area contributed by atoms with Gasteiger partial charge in [0.1, 0.15) is 0 Å². The predicted molar refractivity (Wildman–Crippen MR) is 71.3 cm³/mol. The van der Waals surface area contributed by atoms with Crippen LogP contribution in [0, 0.1) is 0 Å². The maximum atomic E-state index is 5.66. The molecule has 2 heterocycles. The lowest BCUT2D eigenvalue weighted by molar-refractivity contribution is 0.0939. The lowest BCUT2D eigenvalue weighted by Gasteiger charge is -2.39. The molecule has 0 aromatic rings. The van der Waals surface area contributed by atoms with Gasteiger partial charge in [-0.2, -0.15) is 0 Å². The first kappa shape index (κ1) is 13.3. The van der Waals surface area contributed by atoms with Crippen LogP contribution in [0.15, 0.2) is 0 Å². The highest BCUT2D eigenvalue weighted by Crippen LogP contribution is 2.22. The second-order valence-corrected chi connectivity index (χ2v) is 5.93. The molecule has 0 aromatic heterocycles. The van der Waals surface area contributed by atoms with Gasteiger partial charge in [-0.3, -0.25) is 0 Å². The van der Waals surface area contributed by atoms with Gasteiger partial charge in [-0.15, -0.1) is 0 Å². The molecule has 0 spiro atoms. The molecule has 0 saturated carbocycles. The zero-order valence-electron chi connectivity index (χ0n) is 11.5. The van der Waals surface area contributed by atoms with Gasteiger partial charge in [-0.25, -0.2) is 0 Å². The van der Waals surface area contributed by atoms with E-state index in [1.54, 1.807) is 0 Å². The number of hydrogen-bond donors (Lipinski definition) is 1. The van der Waals surface area contributed by atoms with Crippen molar-refractivity contribution in [2.75, 3.05) is 33.3 Å². The van der Waals surface area contributed by atoms with Crippen molar-refractivity contribution >= 4 is 0 Å². The van der Waals surface area contributed by atoms with Crippen LogP contribution in [0.1, 0.15) is 45.4 Å². The monoisotopic (exact) mass is 240 g/mol. The van der Waals surface area contributed by atoms with Crippen molar-refractivity contribution in [3.63, 3.8) is 0 Å². The van der Waals surface area contributed by atoms with Gasteiger partial charge in [0.2, 0.25) is 0 Å². The van der Waals surface area contributed by atoms with Gasteiger partial charge in [0, 0.05) is 12.1 Å². The Hall–Kier alpha value is -0.120. The molecule has 2 aliphatic rings. The van der Waals surface area contributed by atoms with E-state index < -0.39 is 0 Å². The Bertz CT molecular complexity index is 218. The van der Waals surface area contributed by atoms with Crippen LogP contribution < -0.4 is 5.32 Å². The molecular weight excluding hydrogens is 212 g/mol. The summed E-state index contributed by atoms with van der Waals surface area (Å²) >= 11 is 0. The molecule has 0 bridgehead atoms. The largest absolute Gasteiger partial charge is 0.378 e. The molecule has 0 amide bonds. The average Bonchev–Trinajstić information content (AvgIpc) is 2.85. The van der Waals surface area contributed by atoms with E-state index in [1.807, 2.05) is 0 Å². The zero-order valence-corrected chi connectivity index (χ0v) is 11.5. The zero-order chi connectivity index (χ0) is 12.1. The first-order chi connectivity index (χ1) is 8.22. The molecule has 2 fully saturated rings. The first-order valence-electron chi connectivity index (χ1n) is 7.25. The van der Waals surface area contributed by atoms with Gasteiger partial charge in [-0.05, 0) is 72.1 Å². The molecule has 100 valence electrons. The average molecular weight is 240 g/mol. The fourth-order valence-electron chi connectivity index (χ4n) is 2.93. The second kappa shape index (κ2) is 6.17. The summed E-state index contributed by atoms with van der Waals surface area (Å²) in [5, 5.41) is 3.46. The summed E-state index contributed by atoms with van der Waals surface area (Å²) in [6.07, 6.45) is 8.27. The smallest absolute Gasteiger partial charge is 0.0576 e. The Labute approximate surface area is 106 Å². The lowest BCUT2D eigenvalue weighted by Crippen LogP contribution is -2.50. The van der Waals surface area contributed by atoms with E-state index in [9.17, 15) is 0 Å². The Kier molecular flexibility index (Phi) is 4.83. The number of rotatable bonds is 5. The summed E-state index contributed by atoms with van der Waals surface area (Å²) in [6.45, 7) is 7.11. The molecule has 0 aromatic carbocycles. The van der Waals surface area contributed by atoms with Crippen LogP contribution in [-0.4, -0.2) is 49.8 Å². The molecule has 1 N–H and O–H groups in total. The molecule has 1 unspecified atom stereocenters. The fraction of sp³-hybridized carbons (Fsp3) is 1.00. The molecule has 2 saturated heterocycles. The van der Waals surface area contributed by atoms with E-state index in [0.29, 0.717) is 11.6 Å². The van der Waals surface area contributed by atoms with Crippen molar-refractivity contribution in [1.29, 1.82) is 0 Å². The number of piperidine rings is 1. The third kappa shape index (κ3) is 3.94. The highest BCUT2D eigenvalue weighted by molar-refractivity contribution is 4.88. The maximum absolute atomic E-state index is 5.66. The summed E-state index contributed by atoms with van der Waals surface area (Å²) in [5.74, 6) is 0. The molecule has 3 nitrogen and oxygen atoms in total. The minimum atomic E-state index is 0.380. The number of nitrogens with zero attached hydrogens (tertiary/aromatic N) is 1. The molecular formula is C14H28N2O. The number of hydrogen-bond acceptors (Lipinski definition) is 3. The van der Waals surface area contributed by atoms with E-state index in [1.165, 1.54) is 58.2 Å². The molecule has 3 heteroatoms. The Balaban J connectivity index is 1.58. The highest BCUT2D eigenvalue weighted by Gasteiger charge is 2.27. The summed E-state index contributed by atoms with van der Waals surface area (Å²) in [6, 6.07) is 0. The van der Waals surface area contributed by atoms with Crippen molar-refractivity contribution in [2.45, 2.75) is 57.1 Å². The normalized spacial score (nSPS) is 29.6. The molecule has 17 heavy (non-hydrogen) atoms.